The van der Waals surface area contributed by atoms with Crippen LogP contribution in [0, 0.1) is 0 Å². The number of carbonyl (C=O) groups excluding carboxylic acids is 1. The standard InChI is InChI=1S/C14H17N3O3/c1-9(10-7-15-16-8-10)17-14(18)12-6-11(19-2)4-5-13(12)20-3/h4-9H,1-3H3,(H,15,16)(H,17,18). The number of methoxy groups -OCH3 is 2. The first kappa shape index (κ1) is 13.9. The molecule has 6 heteroatoms. The number of benzene rings is 1. The molecule has 0 saturated carbocycles. The van der Waals surface area contributed by atoms with Gasteiger partial charge >= 0.3 is 0 Å². The number of H-pyrrole nitrogens is 1. The van der Waals surface area contributed by atoms with E-state index < -0.39 is 0 Å². The van der Waals surface area contributed by atoms with Gasteiger partial charge < -0.3 is 14.8 Å². The van der Waals surface area contributed by atoms with E-state index in [4.69, 9.17) is 9.47 Å². The van der Waals surface area contributed by atoms with Crippen LogP contribution in [-0.4, -0.2) is 30.3 Å². The summed E-state index contributed by atoms with van der Waals surface area (Å²) >= 11 is 0. The Hall–Kier alpha value is -2.50. The van der Waals surface area contributed by atoms with Crippen LogP contribution in [0.15, 0.2) is 30.6 Å². The lowest BCUT2D eigenvalue weighted by Gasteiger charge is -2.14. The highest BCUT2D eigenvalue weighted by atomic mass is 16.5. The van der Waals surface area contributed by atoms with Gasteiger partial charge in [-0.3, -0.25) is 9.89 Å². The summed E-state index contributed by atoms with van der Waals surface area (Å²) < 4.78 is 10.3. The van der Waals surface area contributed by atoms with E-state index in [9.17, 15) is 4.79 Å². The molecule has 106 valence electrons. The third kappa shape index (κ3) is 2.90. The number of aromatic nitrogens is 2. The maximum atomic E-state index is 12.3. The molecule has 1 aromatic heterocycles. The van der Waals surface area contributed by atoms with Crippen LogP contribution in [0.25, 0.3) is 0 Å². The molecule has 2 N–H and O–H groups in total. The minimum atomic E-state index is -0.227. The van der Waals surface area contributed by atoms with Gasteiger partial charge in [0.1, 0.15) is 11.5 Å². The average Bonchev–Trinajstić information content (AvgIpc) is 3.00. The summed E-state index contributed by atoms with van der Waals surface area (Å²) in [6.07, 6.45) is 3.42. The molecule has 2 aromatic rings. The van der Waals surface area contributed by atoms with E-state index in [1.807, 2.05) is 6.92 Å². The van der Waals surface area contributed by atoms with E-state index in [0.717, 1.165) is 5.56 Å². The van der Waals surface area contributed by atoms with Crippen molar-refractivity contribution in [1.82, 2.24) is 15.5 Å². The van der Waals surface area contributed by atoms with Crippen molar-refractivity contribution in [2.24, 2.45) is 0 Å². The van der Waals surface area contributed by atoms with E-state index in [1.165, 1.54) is 7.11 Å². The van der Waals surface area contributed by atoms with Crippen molar-refractivity contribution in [3.8, 4) is 11.5 Å². The Morgan fingerprint density at radius 2 is 2.15 bits per heavy atom. The SMILES string of the molecule is COc1ccc(OC)c(C(=O)NC(C)c2cn[nH]c2)c1. The van der Waals surface area contributed by atoms with Crippen LogP contribution < -0.4 is 14.8 Å². The molecule has 20 heavy (non-hydrogen) atoms. The topological polar surface area (TPSA) is 76.2 Å². The highest BCUT2D eigenvalue weighted by molar-refractivity contribution is 5.97. The van der Waals surface area contributed by atoms with E-state index in [0.29, 0.717) is 17.1 Å². The third-order valence-corrected chi connectivity index (χ3v) is 3.02. The van der Waals surface area contributed by atoms with Crippen molar-refractivity contribution in [3.63, 3.8) is 0 Å². The van der Waals surface area contributed by atoms with Crippen molar-refractivity contribution in [3.05, 3.63) is 41.7 Å². The first-order chi connectivity index (χ1) is 9.65. The molecule has 1 unspecified atom stereocenters. The van der Waals surface area contributed by atoms with E-state index in [1.54, 1.807) is 37.7 Å². The number of nitrogens with zero attached hydrogens (tertiary/aromatic N) is 1. The largest absolute Gasteiger partial charge is 0.497 e. The summed E-state index contributed by atoms with van der Waals surface area (Å²) in [7, 11) is 3.08. The molecule has 1 heterocycles. The highest BCUT2D eigenvalue weighted by Crippen LogP contribution is 2.24. The zero-order valence-corrected chi connectivity index (χ0v) is 11.6. The monoisotopic (exact) mass is 275 g/mol. The molecular weight excluding hydrogens is 258 g/mol. The first-order valence-electron chi connectivity index (χ1n) is 6.17. The van der Waals surface area contributed by atoms with Gasteiger partial charge in [-0.05, 0) is 25.1 Å². The second-order valence-corrected chi connectivity index (χ2v) is 4.29. The Balaban J connectivity index is 2.20. The molecule has 0 fully saturated rings. The van der Waals surface area contributed by atoms with Crippen LogP contribution in [0.1, 0.15) is 28.9 Å². The third-order valence-electron chi connectivity index (χ3n) is 3.02. The van der Waals surface area contributed by atoms with Crippen LogP contribution in [0.5, 0.6) is 11.5 Å². The summed E-state index contributed by atoms with van der Waals surface area (Å²) in [5.74, 6) is 0.879. The lowest BCUT2D eigenvalue weighted by molar-refractivity contribution is 0.0936. The van der Waals surface area contributed by atoms with Crippen LogP contribution in [0.4, 0.5) is 0 Å². The summed E-state index contributed by atoms with van der Waals surface area (Å²) in [5.41, 5.74) is 1.34. The average molecular weight is 275 g/mol. The highest BCUT2D eigenvalue weighted by Gasteiger charge is 2.17. The number of carbonyl (C=O) groups is 1. The number of ether oxygens (including phenoxy) is 2. The Bertz CT molecular complexity index is 581. The number of hydrogen-bond acceptors (Lipinski definition) is 4. The van der Waals surface area contributed by atoms with Gasteiger partial charge in [0.25, 0.3) is 5.91 Å². The van der Waals surface area contributed by atoms with Crippen molar-refractivity contribution < 1.29 is 14.3 Å². The molecule has 0 bridgehead atoms. The molecule has 0 aliphatic rings. The van der Waals surface area contributed by atoms with Crippen LogP contribution in [0.2, 0.25) is 0 Å². The zero-order chi connectivity index (χ0) is 14.5. The van der Waals surface area contributed by atoms with E-state index >= 15 is 0 Å². The van der Waals surface area contributed by atoms with Gasteiger partial charge in [-0.15, -0.1) is 0 Å². The van der Waals surface area contributed by atoms with Gasteiger partial charge in [-0.2, -0.15) is 5.10 Å². The fraction of sp³-hybridized carbons (Fsp3) is 0.286. The molecule has 2 rings (SSSR count). The number of hydrogen-bond donors (Lipinski definition) is 2. The molecule has 0 aliphatic carbocycles. The van der Waals surface area contributed by atoms with Gasteiger partial charge in [0, 0.05) is 11.8 Å². The van der Waals surface area contributed by atoms with E-state index in [2.05, 4.69) is 15.5 Å². The van der Waals surface area contributed by atoms with Gasteiger partial charge in [-0.1, -0.05) is 0 Å². The Morgan fingerprint density at radius 1 is 1.35 bits per heavy atom. The van der Waals surface area contributed by atoms with Crippen molar-refractivity contribution in [2.75, 3.05) is 14.2 Å². The maximum absolute atomic E-state index is 12.3. The lowest BCUT2D eigenvalue weighted by Crippen LogP contribution is -2.26. The number of nitrogens with one attached hydrogen (secondary N) is 2. The van der Waals surface area contributed by atoms with Gasteiger partial charge in [0.15, 0.2) is 0 Å². The lowest BCUT2D eigenvalue weighted by atomic mass is 10.1. The van der Waals surface area contributed by atoms with Crippen LogP contribution >= 0.6 is 0 Å². The second kappa shape index (κ2) is 6.10. The van der Waals surface area contributed by atoms with Crippen LogP contribution in [0.3, 0.4) is 0 Å². The fourth-order valence-electron chi connectivity index (χ4n) is 1.85. The summed E-state index contributed by atoms with van der Waals surface area (Å²) in [4.78, 5) is 12.3. The van der Waals surface area contributed by atoms with Crippen molar-refractivity contribution in [1.29, 1.82) is 0 Å². The molecule has 6 nitrogen and oxygen atoms in total. The predicted molar refractivity (Wildman–Crippen MR) is 74.0 cm³/mol. The Morgan fingerprint density at radius 3 is 2.75 bits per heavy atom. The van der Waals surface area contributed by atoms with Crippen molar-refractivity contribution in [2.45, 2.75) is 13.0 Å². The minimum absolute atomic E-state index is 0.155. The molecule has 0 radical (unpaired) electrons. The van der Waals surface area contributed by atoms with Gasteiger partial charge in [-0.25, -0.2) is 0 Å². The molecule has 0 saturated heterocycles. The fourth-order valence-corrected chi connectivity index (χ4v) is 1.85. The van der Waals surface area contributed by atoms with E-state index in [-0.39, 0.29) is 11.9 Å². The van der Waals surface area contributed by atoms with Crippen molar-refractivity contribution >= 4 is 5.91 Å². The zero-order valence-electron chi connectivity index (χ0n) is 11.6. The molecular formula is C14H17N3O3. The molecule has 1 amide bonds. The smallest absolute Gasteiger partial charge is 0.255 e. The molecule has 1 aromatic carbocycles. The normalized spacial score (nSPS) is 11.8. The Kier molecular flexibility index (Phi) is 4.24. The summed E-state index contributed by atoms with van der Waals surface area (Å²) in [6.45, 7) is 1.88. The van der Waals surface area contributed by atoms with Gasteiger partial charge in [0.2, 0.25) is 0 Å². The predicted octanol–water partition coefficient (Wildman–Crippen LogP) is 1.92. The summed E-state index contributed by atoms with van der Waals surface area (Å²) in [6, 6.07) is 4.94. The second-order valence-electron chi connectivity index (χ2n) is 4.29. The number of aromatic amines is 1. The number of amides is 1. The first-order valence-corrected chi connectivity index (χ1v) is 6.17. The molecule has 0 spiro atoms. The Labute approximate surface area is 117 Å². The molecule has 1 atom stereocenters. The quantitative estimate of drug-likeness (QED) is 0.874. The maximum Gasteiger partial charge on any atom is 0.255 e. The number of rotatable bonds is 5. The summed E-state index contributed by atoms with van der Waals surface area (Å²) in [5, 5.41) is 9.47. The molecule has 0 aliphatic heterocycles. The minimum Gasteiger partial charge on any atom is -0.497 e. The van der Waals surface area contributed by atoms with Crippen LogP contribution in [-0.2, 0) is 0 Å². The van der Waals surface area contributed by atoms with Gasteiger partial charge in [0.05, 0.1) is 32.0 Å².